The van der Waals surface area contributed by atoms with Gasteiger partial charge in [-0.25, -0.2) is 14.0 Å². The highest BCUT2D eigenvalue weighted by molar-refractivity contribution is 7.18. The number of ether oxygens (including phenoxy) is 2. The summed E-state index contributed by atoms with van der Waals surface area (Å²) in [6.07, 6.45) is 0. The first-order valence-electron chi connectivity index (χ1n) is 6.76. The van der Waals surface area contributed by atoms with E-state index in [4.69, 9.17) is 4.74 Å². The van der Waals surface area contributed by atoms with Gasteiger partial charge in [-0.15, -0.1) is 11.3 Å². The number of benzene rings is 1. The van der Waals surface area contributed by atoms with E-state index in [1.165, 1.54) is 32.4 Å². The summed E-state index contributed by atoms with van der Waals surface area (Å²) in [4.78, 5) is 36.2. The van der Waals surface area contributed by atoms with Gasteiger partial charge >= 0.3 is 11.9 Å². The van der Waals surface area contributed by atoms with Crippen molar-refractivity contribution in [1.82, 2.24) is 0 Å². The molecule has 1 aromatic carbocycles. The first kappa shape index (κ1) is 17.6. The molecular formula is C16H14FNO5S. The number of amides is 1. The molecule has 0 saturated carbocycles. The fourth-order valence-electron chi connectivity index (χ4n) is 2.04. The molecule has 126 valence electrons. The lowest BCUT2D eigenvalue weighted by Gasteiger charge is -2.06. The predicted molar refractivity (Wildman–Crippen MR) is 86.1 cm³/mol. The molecular weight excluding hydrogens is 337 g/mol. The summed E-state index contributed by atoms with van der Waals surface area (Å²) in [5.74, 6) is -2.51. The molecule has 1 heterocycles. The molecule has 0 saturated heterocycles. The summed E-state index contributed by atoms with van der Waals surface area (Å²) in [7, 11) is 2.40. The number of esters is 2. The fraction of sp³-hybridized carbons (Fsp3) is 0.188. The number of thiophene rings is 1. The van der Waals surface area contributed by atoms with E-state index >= 15 is 0 Å². The molecule has 0 spiro atoms. The maximum absolute atomic E-state index is 13.2. The van der Waals surface area contributed by atoms with Crippen LogP contribution in [0.5, 0.6) is 0 Å². The Bertz CT molecular complexity index is 815. The highest BCUT2D eigenvalue weighted by Crippen LogP contribution is 2.34. The summed E-state index contributed by atoms with van der Waals surface area (Å²) in [6.45, 7) is 1.55. The number of carbonyl (C=O) groups excluding carboxylic acids is 3. The van der Waals surface area contributed by atoms with Crippen molar-refractivity contribution < 1.29 is 28.2 Å². The number of anilines is 1. The van der Waals surface area contributed by atoms with E-state index in [2.05, 4.69) is 10.1 Å². The number of carbonyl (C=O) groups is 3. The van der Waals surface area contributed by atoms with Crippen LogP contribution >= 0.6 is 11.3 Å². The molecule has 1 aromatic heterocycles. The number of hydrogen-bond acceptors (Lipinski definition) is 6. The Kier molecular flexibility index (Phi) is 5.30. The zero-order valence-corrected chi connectivity index (χ0v) is 14.0. The maximum Gasteiger partial charge on any atom is 0.348 e. The van der Waals surface area contributed by atoms with Gasteiger partial charge in [-0.05, 0) is 30.7 Å². The molecule has 8 heteroatoms. The Labute approximate surface area is 141 Å². The lowest BCUT2D eigenvalue weighted by Crippen LogP contribution is -2.14. The van der Waals surface area contributed by atoms with Crippen molar-refractivity contribution in [3.63, 3.8) is 0 Å². The second kappa shape index (κ2) is 7.22. The average Bonchev–Trinajstić information content (AvgIpc) is 2.89. The van der Waals surface area contributed by atoms with E-state index < -0.39 is 23.7 Å². The molecule has 0 unspecified atom stereocenters. The Morgan fingerprint density at radius 3 is 2.38 bits per heavy atom. The summed E-state index contributed by atoms with van der Waals surface area (Å²) in [5.41, 5.74) is 0.484. The quantitative estimate of drug-likeness (QED) is 0.856. The van der Waals surface area contributed by atoms with Gasteiger partial charge in [0, 0.05) is 5.56 Å². The predicted octanol–water partition coefficient (Wildman–Crippen LogP) is 3.02. The van der Waals surface area contributed by atoms with Gasteiger partial charge in [0.15, 0.2) is 0 Å². The first-order chi connectivity index (χ1) is 11.4. The first-order valence-corrected chi connectivity index (χ1v) is 7.57. The van der Waals surface area contributed by atoms with Crippen LogP contribution in [0.3, 0.4) is 0 Å². The minimum absolute atomic E-state index is 0.0626. The molecule has 0 bridgehead atoms. The van der Waals surface area contributed by atoms with E-state index in [0.717, 1.165) is 17.4 Å². The van der Waals surface area contributed by atoms with Crippen LogP contribution < -0.4 is 5.32 Å². The molecule has 0 aliphatic rings. The molecule has 0 fully saturated rings. The highest BCUT2D eigenvalue weighted by atomic mass is 32.1. The Hall–Kier alpha value is -2.74. The van der Waals surface area contributed by atoms with Crippen molar-refractivity contribution in [3.8, 4) is 0 Å². The zero-order chi connectivity index (χ0) is 17.9. The number of methoxy groups -OCH3 is 2. The summed E-state index contributed by atoms with van der Waals surface area (Å²) >= 11 is 0.889. The summed E-state index contributed by atoms with van der Waals surface area (Å²) < 4.78 is 22.6. The minimum Gasteiger partial charge on any atom is -0.465 e. The number of nitrogens with one attached hydrogen (secondary N) is 1. The van der Waals surface area contributed by atoms with Crippen LogP contribution in [0.15, 0.2) is 24.3 Å². The fourth-order valence-corrected chi connectivity index (χ4v) is 3.15. The molecule has 1 amide bonds. The van der Waals surface area contributed by atoms with E-state index in [1.54, 1.807) is 6.92 Å². The highest BCUT2D eigenvalue weighted by Gasteiger charge is 2.27. The van der Waals surface area contributed by atoms with Gasteiger partial charge in [-0.1, -0.05) is 6.07 Å². The van der Waals surface area contributed by atoms with Crippen LogP contribution in [0.25, 0.3) is 0 Å². The Balaban J connectivity index is 2.43. The topological polar surface area (TPSA) is 81.7 Å². The molecule has 1 N–H and O–H groups in total. The number of hydrogen-bond donors (Lipinski definition) is 1. The minimum atomic E-state index is -0.701. The number of rotatable bonds is 4. The van der Waals surface area contributed by atoms with Crippen molar-refractivity contribution in [2.45, 2.75) is 6.92 Å². The van der Waals surface area contributed by atoms with Crippen molar-refractivity contribution in [2.24, 2.45) is 0 Å². The van der Waals surface area contributed by atoms with Gasteiger partial charge in [0.05, 0.1) is 19.8 Å². The largest absolute Gasteiger partial charge is 0.465 e. The molecule has 2 rings (SSSR count). The van der Waals surface area contributed by atoms with Gasteiger partial charge in [0.1, 0.15) is 15.7 Å². The second-order valence-corrected chi connectivity index (χ2v) is 5.73. The molecule has 0 radical (unpaired) electrons. The van der Waals surface area contributed by atoms with Crippen LogP contribution in [-0.2, 0) is 9.47 Å². The SMILES string of the molecule is COC(=O)c1sc(NC(=O)c2cccc(F)c2)c(C(=O)OC)c1C. The average molecular weight is 351 g/mol. The Morgan fingerprint density at radius 2 is 1.79 bits per heavy atom. The van der Waals surface area contributed by atoms with E-state index in [-0.39, 0.29) is 21.0 Å². The smallest absolute Gasteiger partial charge is 0.348 e. The molecule has 2 aromatic rings. The van der Waals surface area contributed by atoms with Crippen LogP contribution in [-0.4, -0.2) is 32.1 Å². The van der Waals surface area contributed by atoms with Crippen molar-refractivity contribution >= 4 is 34.2 Å². The van der Waals surface area contributed by atoms with Crippen LogP contribution in [0.1, 0.15) is 36.0 Å². The number of halogens is 1. The zero-order valence-electron chi connectivity index (χ0n) is 13.1. The molecule has 0 aliphatic heterocycles. The second-order valence-electron chi connectivity index (χ2n) is 4.71. The van der Waals surface area contributed by atoms with Gasteiger partial charge < -0.3 is 14.8 Å². The van der Waals surface area contributed by atoms with E-state index in [1.807, 2.05) is 0 Å². The summed E-state index contributed by atoms with van der Waals surface area (Å²) in [6, 6.07) is 5.10. The Morgan fingerprint density at radius 1 is 1.12 bits per heavy atom. The third-order valence-electron chi connectivity index (χ3n) is 3.22. The van der Waals surface area contributed by atoms with Crippen LogP contribution in [0.4, 0.5) is 9.39 Å². The molecule has 6 nitrogen and oxygen atoms in total. The van der Waals surface area contributed by atoms with Crippen LogP contribution in [0.2, 0.25) is 0 Å². The van der Waals surface area contributed by atoms with Crippen molar-refractivity contribution in [1.29, 1.82) is 0 Å². The standard InChI is InChI=1S/C16H14FNO5S/c1-8-11(15(20)22-2)14(24-12(8)16(21)23-3)18-13(19)9-5-4-6-10(17)7-9/h4-7H,1-3H3,(H,18,19). The van der Waals surface area contributed by atoms with Gasteiger partial charge in [0.2, 0.25) is 0 Å². The van der Waals surface area contributed by atoms with E-state index in [9.17, 15) is 18.8 Å². The maximum atomic E-state index is 13.2. The van der Waals surface area contributed by atoms with Crippen molar-refractivity contribution in [2.75, 3.05) is 19.5 Å². The lowest BCUT2D eigenvalue weighted by atomic mass is 10.1. The lowest BCUT2D eigenvalue weighted by molar-refractivity contribution is 0.0601. The van der Waals surface area contributed by atoms with Crippen LogP contribution in [0, 0.1) is 12.7 Å². The molecule has 24 heavy (non-hydrogen) atoms. The summed E-state index contributed by atoms with van der Waals surface area (Å²) in [5, 5.41) is 2.65. The van der Waals surface area contributed by atoms with Gasteiger partial charge in [-0.3, -0.25) is 4.79 Å². The van der Waals surface area contributed by atoms with Gasteiger partial charge in [0.25, 0.3) is 5.91 Å². The normalized spacial score (nSPS) is 10.2. The monoisotopic (exact) mass is 351 g/mol. The third kappa shape index (κ3) is 3.43. The molecule has 0 aliphatic carbocycles. The van der Waals surface area contributed by atoms with Crippen molar-refractivity contribution in [3.05, 3.63) is 51.7 Å². The third-order valence-corrected chi connectivity index (χ3v) is 4.41. The van der Waals surface area contributed by atoms with E-state index in [0.29, 0.717) is 5.56 Å². The van der Waals surface area contributed by atoms with Gasteiger partial charge in [-0.2, -0.15) is 0 Å². The molecule has 0 atom stereocenters.